The minimum absolute atomic E-state index is 0.145. The number of hydrogen-bond acceptors (Lipinski definition) is 6. The number of nitrogens with zero attached hydrogens (tertiary/aromatic N) is 3. The normalized spacial score (nSPS) is 17.7. The molecule has 0 bridgehead atoms. The molecule has 1 saturated heterocycles. The molecule has 0 spiro atoms. The van der Waals surface area contributed by atoms with Gasteiger partial charge in [0.25, 0.3) is 5.92 Å². The molecule has 1 fully saturated rings. The van der Waals surface area contributed by atoms with Gasteiger partial charge in [0.15, 0.2) is 0 Å². The van der Waals surface area contributed by atoms with Crippen LogP contribution in [0.4, 0.5) is 20.3 Å². The van der Waals surface area contributed by atoms with Gasteiger partial charge in [0, 0.05) is 13.0 Å². The summed E-state index contributed by atoms with van der Waals surface area (Å²) in [5.74, 6) is -1.46. The highest BCUT2D eigenvalue weighted by atomic mass is 19.3. The summed E-state index contributed by atoms with van der Waals surface area (Å²) in [6, 6.07) is 5.34. The lowest BCUT2D eigenvalue weighted by Crippen LogP contribution is -2.24. The van der Waals surface area contributed by atoms with Crippen molar-refractivity contribution in [1.82, 2.24) is 9.97 Å². The molecule has 0 amide bonds. The van der Waals surface area contributed by atoms with Crippen molar-refractivity contribution in [2.75, 3.05) is 23.3 Å². The van der Waals surface area contributed by atoms with Crippen molar-refractivity contribution in [1.29, 1.82) is 0 Å². The first-order valence-corrected chi connectivity index (χ1v) is 8.83. The van der Waals surface area contributed by atoms with Gasteiger partial charge in [0.1, 0.15) is 11.6 Å². The predicted octanol–water partition coefficient (Wildman–Crippen LogP) is 3.19. The highest BCUT2D eigenvalue weighted by Crippen LogP contribution is 2.31. The smallest absolute Gasteiger partial charge is 0.266 e. The number of alkyl halides is 2. The molecule has 0 saturated carbocycles. The number of halogens is 2. The summed E-state index contributed by atoms with van der Waals surface area (Å²) in [6.45, 7) is 4.05. The van der Waals surface area contributed by atoms with Crippen LogP contribution in [0.5, 0.6) is 0 Å². The molecular weight excluding hydrogens is 350 g/mol. The molecule has 0 aliphatic carbocycles. The molecule has 5 N–H and O–H groups in total. The van der Waals surface area contributed by atoms with Crippen LogP contribution in [0.25, 0.3) is 11.0 Å². The zero-order chi connectivity index (χ0) is 19.6. The van der Waals surface area contributed by atoms with Crippen molar-refractivity contribution in [3.63, 3.8) is 0 Å². The Kier molecular flexibility index (Phi) is 5.16. The number of aromatic nitrogens is 2. The van der Waals surface area contributed by atoms with Gasteiger partial charge in [-0.3, -0.25) is 4.98 Å². The number of anilines is 2. The van der Waals surface area contributed by atoms with Crippen molar-refractivity contribution < 1.29 is 8.78 Å². The Balaban J connectivity index is 1.83. The lowest BCUT2D eigenvalue weighted by Gasteiger charge is -2.18. The summed E-state index contributed by atoms with van der Waals surface area (Å²) in [5.41, 5.74) is 14.5. The number of hydrogen-bond donors (Lipinski definition) is 3. The molecule has 0 aromatic carbocycles. The van der Waals surface area contributed by atoms with Gasteiger partial charge in [-0.1, -0.05) is 13.8 Å². The van der Waals surface area contributed by atoms with E-state index in [4.69, 9.17) is 11.5 Å². The Morgan fingerprint density at radius 1 is 1.33 bits per heavy atom. The molecule has 3 rings (SSSR count). The van der Waals surface area contributed by atoms with E-state index in [1.807, 2.05) is 19.9 Å². The van der Waals surface area contributed by atoms with Gasteiger partial charge in [-0.05, 0) is 42.0 Å². The number of pyridine rings is 2. The topological polar surface area (TPSA) is 93.1 Å². The van der Waals surface area contributed by atoms with E-state index in [1.54, 1.807) is 29.3 Å². The second-order valence-corrected chi connectivity index (χ2v) is 7.00. The zero-order valence-corrected chi connectivity index (χ0v) is 15.4. The van der Waals surface area contributed by atoms with E-state index in [0.29, 0.717) is 34.9 Å². The molecule has 27 heavy (non-hydrogen) atoms. The fourth-order valence-corrected chi connectivity index (χ4v) is 2.97. The lowest BCUT2D eigenvalue weighted by molar-refractivity contribution is 0.0257. The van der Waals surface area contributed by atoms with Crippen molar-refractivity contribution in [2.45, 2.75) is 26.2 Å². The Labute approximate surface area is 157 Å². The van der Waals surface area contributed by atoms with Crippen molar-refractivity contribution >= 4 is 22.5 Å². The predicted molar refractivity (Wildman–Crippen MR) is 104 cm³/mol. The van der Waals surface area contributed by atoms with Crippen molar-refractivity contribution in [2.24, 2.45) is 17.4 Å². The molecule has 1 aliphatic rings. The first kappa shape index (κ1) is 18.9. The van der Waals surface area contributed by atoms with Gasteiger partial charge < -0.3 is 21.7 Å². The average Bonchev–Trinajstić information content (AvgIpc) is 2.98. The summed E-state index contributed by atoms with van der Waals surface area (Å²) in [6.07, 6.45) is 4.74. The van der Waals surface area contributed by atoms with Gasteiger partial charge in [-0.2, -0.15) is 0 Å². The third-order valence-electron chi connectivity index (χ3n) is 4.51. The third kappa shape index (κ3) is 4.45. The van der Waals surface area contributed by atoms with Gasteiger partial charge in [-0.25, -0.2) is 13.8 Å². The van der Waals surface area contributed by atoms with Crippen LogP contribution < -0.4 is 21.7 Å². The Bertz CT molecular complexity index is 891. The van der Waals surface area contributed by atoms with Crippen LogP contribution in [0, 0.1) is 5.92 Å². The van der Waals surface area contributed by atoms with E-state index in [9.17, 15) is 8.78 Å². The van der Waals surface area contributed by atoms with E-state index in [1.165, 1.54) is 6.20 Å². The Morgan fingerprint density at radius 3 is 2.74 bits per heavy atom. The highest BCUT2D eigenvalue weighted by Gasteiger charge is 2.38. The lowest BCUT2D eigenvalue weighted by atomic mass is 10.0. The standard InChI is InChI=1S/C19H24F2N6/c1-12(2)13(9-22)7-17(23)26-18-4-3-15-16(25-18)8-14(10-24-15)27-6-5-19(20,21)11-27/h3-4,7-10,12H,5-6,11,22-23H2,1-2H3,(H,25,26)/b13-9+,17-7+. The van der Waals surface area contributed by atoms with Crippen LogP contribution >= 0.6 is 0 Å². The zero-order valence-electron chi connectivity index (χ0n) is 15.4. The van der Waals surface area contributed by atoms with Crippen molar-refractivity contribution in [3.8, 4) is 0 Å². The largest absolute Gasteiger partial charge is 0.404 e. The van der Waals surface area contributed by atoms with E-state index < -0.39 is 5.92 Å². The molecule has 6 nitrogen and oxygen atoms in total. The maximum absolute atomic E-state index is 13.5. The SMILES string of the molecule is CC(C)C(=C/N)/C=C(\N)Nc1ccc2ncc(N3CCC(F)(F)C3)cc2n1. The summed E-state index contributed by atoms with van der Waals surface area (Å²) in [4.78, 5) is 10.5. The maximum Gasteiger partial charge on any atom is 0.266 e. The van der Waals surface area contributed by atoms with E-state index in [2.05, 4.69) is 15.3 Å². The minimum atomic E-state index is -2.66. The van der Waals surface area contributed by atoms with Crippen LogP contribution in [0.1, 0.15) is 20.3 Å². The fraction of sp³-hybridized carbons (Fsp3) is 0.368. The molecule has 0 unspecified atom stereocenters. The molecule has 0 atom stereocenters. The number of nitrogens with two attached hydrogens (primary N) is 2. The van der Waals surface area contributed by atoms with Gasteiger partial charge in [0.05, 0.1) is 29.5 Å². The first-order valence-electron chi connectivity index (χ1n) is 8.83. The van der Waals surface area contributed by atoms with Crippen LogP contribution in [0.3, 0.4) is 0 Å². The number of allylic oxidation sites excluding steroid dienone is 2. The molecule has 3 heterocycles. The molecular formula is C19H24F2N6. The number of rotatable bonds is 5. The summed E-state index contributed by atoms with van der Waals surface area (Å²) in [5, 5.41) is 3.03. The molecule has 8 heteroatoms. The second-order valence-electron chi connectivity index (χ2n) is 7.00. The second kappa shape index (κ2) is 7.38. The molecule has 1 aliphatic heterocycles. The van der Waals surface area contributed by atoms with Crippen LogP contribution in [0.2, 0.25) is 0 Å². The molecule has 144 valence electrons. The number of nitrogens with one attached hydrogen (secondary N) is 1. The average molecular weight is 374 g/mol. The van der Waals surface area contributed by atoms with E-state index >= 15 is 0 Å². The Morgan fingerprint density at radius 2 is 2.11 bits per heavy atom. The van der Waals surface area contributed by atoms with Crippen molar-refractivity contribution in [3.05, 3.63) is 48.1 Å². The molecule has 2 aromatic rings. The van der Waals surface area contributed by atoms with Crippen LogP contribution in [0.15, 0.2) is 48.1 Å². The van der Waals surface area contributed by atoms with E-state index in [-0.39, 0.29) is 18.9 Å². The van der Waals surface area contributed by atoms with Crippen LogP contribution in [-0.2, 0) is 0 Å². The maximum atomic E-state index is 13.5. The molecule has 0 radical (unpaired) electrons. The summed E-state index contributed by atoms with van der Waals surface area (Å²) in [7, 11) is 0. The Hall–Kier alpha value is -2.90. The quantitative estimate of drug-likeness (QED) is 0.696. The summed E-state index contributed by atoms with van der Waals surface area (Å²) < 4.78 is 26.9. The third-order valence-corrected chi connectivity index (χ3v) is 4.51. The summed E-state index contributed by atoms with van der Waals surface area (Å²) >= 11 is 0. The van der Waals surface area contributed by atoms with Gasteiger partial charge in [-0.15, -0.1) is 0 Å². The van der Waals surface area contributed by atoms with Gasteiger partial charge in [0.2, 0.25) is 0 Å². The monoisotopic (exact) mass is 374 g/mol. The number of fused-ring (bicyclic) bond motifs is 1. The van der Waals surface area contributed by atoms with Crippen LogP contribution in [-0.4, -0.2) is 29.0 Å². The van der Waals surface area contributed by atoms with E-state index in [0.717, 1.165) is 5.57 Å². The molecule has 2 aromatic heterocycles. The first-order chi connectivity index (χ1) is 12.8. The fourth-order valence-electron chi connectivity index (χ4n) is 2.97. The minimum Gasteiger partial charge on any atom is -0.404 e. The van der Waals surface area contributed by atoms with Gasteiger partial charge >= 0.3 is 0 Å². The highest BCUT2D eigenvalue weighted by molar-refractivity contribution is 5.79.